The molecular weight excluding hydrogens is 304 g/mol. The summed E-state index contributed by atoms with van der Waals surface area (Å²) in [5.74, 6) is -0.212. The molecule has 0 atom stereocenters. The summed E-state index contributed by atoms with van der Waals surface area (Å²) < 4.78 is 1.57. The second-order valence-corrected chi connectivity index (χ2v) is 6.18. The van der Waals surface area contributed by atoms with E-state index in [0.29, 0.717) is 16.7 Å². The fourth-order valence-electron chi connectivity index (χ4n) is 2.64. The van der Waals surface area contributed by atoms with Gasteiger partial charge in [0.2, 0.25) is 0 Å². The maximum atomic E-state index is 12.5. The van der Waals surface area contributed by atoms with Crippen LogP contribution in [0.2, 0.25) is 0 Å². The lowest BCUT2D eigenvalue weighted by atomic mass is 10.1. The maximum Gasteiger partial charge on any atom is 0.257 e. The molecule has 0 saturated heterocycles. The second kappa shape index (κ2) is 6.37. The Labute approximate surface area is 140 Å². The Balaban J connectivity index is 1.84. The Hall–Kier alpha value is -2.80. The highest BCUT2D eigenvalue weighted by atomic mass is 16.1. The van der Waals surface area contributed by atoms with Gasteiger partial charge in [-0.15, -0.1) is 5.10 Å². The van der Waals surface area contributed by atoms with Gasteiger partial charge in [-0.05, 0) is 50.3 Å². The van der Waals surface area contributed by atoms with Crippen molar-refractivity contribution in [2.45, 2.75) is 13.5 Å². The average molecular weight is 324 g/mol. The largest absolute Gasteiger partial charge is 0.322 e. The van der Waals surface area contributed by atoms with Gasteiger partial charge in [0.15, 0.2) is 5.65 Å². The van der Waals surface area contributed by atoms with E-state index in [1.807, 2.05) is 33.2 Å². The first kappa shape index (κ1) is 16.1. The van der Waals surface area contributed by atoms with Crippen molar-refractivity contribution in [3.8, 4) is 0 Å². The number of aryl methyl sites for hydroxylation is 2. The van der Waals surface area contributed by atoms with Crippen molar-refractivity contribution in [3.05, 3.63) is 47.2 Å². The Bertz CT molecular complexity index is 899. The number of hydrogen-bond donors (Lipinski definition) is 1. The maximum absolute atomic E-state index is 12.5. The van der Waals surface area contributed by atoms with Gasteiger partial charge in [0.05, 0.1) is 5.56 Å². The Kier molecular flexibility index (Phi) is 4.26. The lowest BCUT2D eigenvalue weighted by molar-refractivity contribution is 0.102. The topological polar surface area (TPSA) is 75.9 Å². The van der Waals surface area contributed by atoms with Crippen LogP contribution < -0.4 is 5.32 Å². The van der Waals surface area contributed by atoms with Crippen molar-refractivity contribution in [2.75, 3.05) is 19.4 Å². The standard InChI is InChI=1S/C17H20N6O/c1-11-5-12(10-22(2)3)7-14(6-11)19-17(24)13-8-15-16(18-9-13)23(4)21-20-15/h5-9H,10H2,1-4H3,(H,19,24). The van der Waals surface area contributed by atoms with Crippen LogP contribution in [-0.2, 0) is 13.6 Å². The molecule has 3 aromatic rings. The van der Waals surface area contributed by atoms with Crippen LogP contribution in [0.4, 0.5) is 5.69 Å². The molecule has 0 spiro atoms. The van der Waals surface area contributed by atoms with Crippen molar-refractivity contribution < 1.29 is 4.79 Å². The number of carbonyl (C=O) groups is 1. The zero-order valence-corrected chi connectivity index (χ0v) is 14.2. The fourth-order valence-corrected chi connectivity index (χ4v) is 2.64. The van der Waals surface area contributed by atoms with Crippen molar-refractivity contribution >= 4 is 22.8 Å². The van der Waals surface area contributed by atoms with Crippen LogP contribution in [0.15, 0.2) is 30.5 Å². The summed E-state index contributed by atoms with van der Waals surface area (Å²) >= 11 is 0. The molecule has 0 aliphatic rings. The number of fused-ring (bicyclic) bond motifs is 1. The molecule has 1 aromatic carbocycles. The molecule has 0 unspecified atom stereocenters. The normalized spacial score (nSPS) is 11.2. The molecule has 7 heteroatoms. The number of hydrogen-bond acceptors (Lipinski definition) is 5. The molecule has 1 amide bonds. The van der Waals surface area contributed by atoms with E-state index in [-0.39, 0.29) is 5.91 Å². The quantitative estimate of drug-likeness (QED) is 0.794. The number of pyridine rings is 1. The molecule has 124 valence electrons. The third-order valence-electron chi connectivity index (χ3n) is 3.60. The number of rotatable bonds is 4. The summed E-state index contributed by atoms with van der Waals surface area (Å²) in [6.45, 7) is 2.83. The SMILES string of the molecule is Cc1cc(CN(C)C)cc(NC(=O)c2cnc3c(c2)nnn3C)c1. The Morgan fingerprint density at radius 1 is 1.25 bits per heavy atom. The van der Waals surface area contributed by atoms with Crippen LogP contribution in [0.5, 0.6) is 0 Å². The minimum atomic E-state index is -0.212. The zero-order chi connectivity index (χ0) is 17.3. The lowest BCUT2D eigenvalue weighted by Gasteiger charge is -2.13. The van der Waals surface area contributed by atoms with E-state index < -0.39 is 0 Å². The van der Waals surface area contributed by atoms with Gasteiger partial charge in [-0.2, -0.15) is 0 Å². The number of nitrogens with one attached hydrogen (secondary N) is 1. The van der Waals surface area contributed by atoms with E-state index in [4.69, 9.17) is 0 Å². The highest BCUT2D eigenvalue weighted by molar-refractivity contribution is 6.05. The van der Waals surface area contributed by atoms with E-state index in [1.54, 1.807) is 17.8 Å². The van der Waals surface area contributed by atoms with Gasteiger partial charge in [0, 0.05) is 25.5 Å². The Morgan fingerprint density at radius 2 is 2.04 bits per heavy atom. The van der Waals surface area contributed by atoms with Crippen LogP contribution in [0.3, 0.4) is 0 Å². The molecule has 0 aliphatic heterocycles. The molecule has 24 heavy (non-hydrogen) atoms. The molecule has 0 aliphatic carbocycles. The predicted molar refractivity (Wildman–Crippen MR) is 92.8 cm³/mol. The fraction of sp³-hybridized carbons (Fsp3) is 0.294. The number of amides is 1. The summed E-state index contributed by atoms with van der Waals surface area (Å²) in [6.07, 6.45) is 1.54. The molecule has 2 heterocycles. The second-order valence-electron chi connectivity index (χ2n) is 6.18. The molecule has 3 rings (SSSR count). The highest BCUT2D eigenvalue weighted by Gasteiger charge is 2.11. The monoisotopic (exact) mass is 324 g/mol. The van der Waals surface area contributed by atoms with Gasteiger partial charge >= 0.3 is 0 Å². The van der Waals surface area contributed by atoms with Crippen LogP contribution in [0.25, 0.3) is 11.2 Å². The summed E-state index contributed by atoms with van der Waals surface area (Å²) in [5.41, 5.74) is 4.73. The number of anilines is 1. The van der Waals surface area contributed by atoms with Crippen LogP contribution >= 0.6 is 0 Å². The summed E-state index contributed by atoms with van der Waals surface area (Å²) in [7, 11) is 5.80. The molecule has 0 fully saturated rings. The van der Waals surface area contributed by atoms with E-state index >= 15 is 0 Å². The van der Waals surface area contributed by atoms with Gasteiger partial charge in [0.1, 0.15) is 5.52 Å². The van der Waals surface area contributed by atoms with Crippen molar-refractivity contribution in [2.24, 2.45) is 7.05 Å². The first-order valence-electron chi connectivity index (χ1n) is 7.64. The van der Waals surface area contributed by atoms with Crippen molar-refractivity contribution in [3.63, 3.8) is 0 Å². The smallest absolute Gasteiger partial charge is 0.257 e. The van der Waals surface area contributed by atoms with E-state index in [0.717, 1.165) is 23.4 Å². The third kappa shape index (κ3) is 3.41. The molecular formula is C17H20N6O. The van der Waals surface area contributed by atoms with Crippen molar-refractivity contribution in [1.29, 1.82) is 0 Å². The predicted octanol–water partition coefficient (Wildman–Crippen LogP) is 1.99. The van der Waals surface area contributed by atoms with Crippen LogP contribution in [0.1, 0.15) is 21.5 Å². The first-order chi connectivity index (χ1) is 11.4. The molecule has 7 nitrogen and oxygen atoms in total. The number of nitrogens with zero attached hydrogens (tertiary/aromatic N) is 5. The molecule has 1 N–H and O–H groups in total. The minimum absolute atomic E-state index is 0.212. The van der Waals surface area contributed by atoms with E-state index in [1.165, 1.54) is 6.20 Å². The number of benzene rings is 1. The summed E-state index contributed by atoms with van der Waals surface area (Å²) in [5, 5.41) is 10.8. The van der Waals surface area contributed by atoms with Gasteiger partial charge in [-0.3, -0.25) is 4.79 Å². The average Bonchev–Trinajstić information content (AvgIpc) is 2.86. The summed E-state index contributed by atoms with van der Waals surface area (Å²) in [6, 6.07) is 7.74. The minimum Gasteiger partial charge on any atom is -0.322 e. The van der Waals surface area contributed by atoms with Gasteiger partial charge < -0.3 is 10.2 Å². The van der Waals surface area contributed by atoms with Gasteiger partial charge in [-0.1, -0.05) is 11.3 Å². The van der Waals surface area contributed by atoms with Gasteiger partial charge in [-0.25, -0.2) is 9.67 Å². The molecule has 0 bridgehead atoms. The van der Waals surface area contributed by atoms with Gasteiger partial charge in [0.25, 0.3) is 5.91 Å². The first-order valence-corrected chi connectivity index (χ1v) is 7.64. The lowest BCUT2D eigenvalue weighted by Crippen LogP contribution is -2.14. The highest BCUT2D eigenvalue weighted by Crippen LogP contribution is 2.17. The van der Waals surface area contributed by atoms with Crippen molar-refractivity contribution in [1.82, 2.24) is 24.9 Å². The number of carbonyl (C=O) groups excluding carboxylic acids is 1. The molecule has 0 radical (unpaired) electrons. The van der Waals surface area contributed by atoms with Crippen LogP contribution in [-0.4, -0.2) is 44.9 Å². The molecule has 0 saturated carbocycles. The Morgan fingerprint density at radius 3 is 2.79 bits per heavy atom. The van der Waals surface area contributed by atoms with E-state index in [2.05, 4.69) is 31.6 Å². The molecule has 2 aromatic heterocycles. The third-order valence-corrected chi connectivity index (χ3v) is 3.60. The van der Waals surface area contributed by atoms with Crippen LogP contribution in [0, 0.1) is 6.92 Å². The van der Waals surface area contributed by atoms with E-state index in [9.17, 15) is 4.79 Å². The summed E-state index contributed by atoms with van der Waals surface area (Å²) in [4.78, 5) is 18.8. The zero-order valence-electron chi connectivity index (χ0n) is 14.2. The number of aromatic nitrogens is 4.